The van der Waals surface area contributed by atoms with Crippen LogP contribution in [0.1, 0.15) is 84.5 Å². The van der Waals surface area contributed by atoms with Gasteiger partial charge in [0, 0.05) is 17.5 Å². The number of nitrogens with one attached hydrogen (secondary N) is 1. The SMILES string of the molecule is CCCCOC(=O)c1ccc(NC(=O)COC(=O)[C@H](CC(C)C)N2C(=O)[C@H]3C4c5ccccc5C(c5ccccc54)[C@@H]3C2=O)cc1. The number of hydrogen-bond donors (Lipinski definition) is 1. The standard InChI is InChI=1S/C37H38N2O7/c1-4-5-18-45-36(43)22-14-16-23(17-15-22)38-29(40)20-46-37(44)28(19-21(2)3)39-34(41)32-30-24-10-6-7-11-25(24)31(33(32)35(39)42)27-13-9-8-12-26(27)30/h6-17,21,28,30-33H,4-5,18-20H2,1-3H3,(H,38,40)/t28-,30?,31?,32-,33-/m0/s1. The molecule has 3 aromatic carbocycles. The molecule has 4 aliphatic rings. The molecule has 1 heterocycles. The number of ether oxygens (including phenoxy) is 2. The lowest BCUT2D eigenvalue weighted by atomic mass is 9.55. The van der Waals surface area contributed by atoms with Gasteiger partial charge in [0.05, 0.1) is 24.0 Å². The number of benzene rings is 3. The number of esters is 2. The molecule has 3 aliphatic carbocycles. The Labute approximate surface area is 268 Å². The summed E-state index contributed by atoms with van der Waals surface area (Å²) in [7, 11) is 0. The number of rotatable bonds is 11. The molecule has 0 saturated carbocycles. The molecule has 1 N–H and O–H groups in total. The molecule has 0 spiro atoms. The molecule has 1 fully saturated rings. The normalized spacial score (nSPS) is 21.3. The highest BCUT2D eigenvalue weighted by Gasteiger charge is 2.63. The number of nitrogens with zero attached hydrogens (tertiary/aromatic N) is 1. The summed E-state index contributed by atoms with van der Waals surface area (Å²) < 4.78 is 10.6. The number of likely N-dealkylation sites (tertiary alicyclic amines) is 1. The molecular weight excluding hydrogens is 584 g/mol. The van der Waals surface area contributed by atoms with Crippen LogP contribution in [0.5, 0.6) is 0 Å². The minimum absolute atomic E-state index is 0.0344. The van der Waals surface area contributed by atoms with Crippen molar-refractivity contribution >= 4 is 35.3 Å². The van der Waals surface area contributed by atoms with E-state index >= 15 is 0 Å². The van der Waals surface area contributed by atoms with Crippen molar-refractivity contribution in [2.24, 2.45) is 17.8 Å². The van der Waals surface area contributed by atoms with Crippen LogP contribution in [0.2, 0.25) is 0 Å². The molecule has 1 saturated heterocycles. The van der Waals surface area contributed by atoms with E-state index in [0.29, 0.717) is 17.9 Å². The van der Waals surface area contributed by atoms with Gasteiger partial charge in [-0.15, -0.1) is 0 Å². The zero-order valence-corrected chi connectivity index (χ0v) is 26.2. The first-order valence-electron chi connectivity index (χ1n) is 16.0. The van der Waals surface area contributed by atoms with E-state index in [2.05, 4.69) is 5.32 Å². The number of unbranched alkanes of at least 4 members (excludes halogenated alkanes) is 1. The Morgan fingerprint density at radius 3 is 1.78 bits per heavy atom. The molecule has 1 aliphatic heterocycles. The summed E-state index contributed by atoms with van der Waals surface area (Å²) in [6.07, 6.45) is 1.90. The first-order chi connectivity index (χ1) is 22.2. The van der Waals surface area contributed by atoms with Crippen LogP contribution >= 0.6 is 0 Å². The average molecular weight is 623 g/mol. The Morgan fingerprint density at radius 2 is 1.30 bits per heavy atom. The quantitative estimate of drug-likeness (QED) is 0.172. The molecule has 7 rings (SSSR count). The van der Waals surface area contributed by atoms with Gasteiger partial charge in [0.1, 0.15) is 6.04 Å². The van der Waals surface area contributed by atoms with Crippen LogP contribution in [0.15, 0.2) is 72.8 Å². The third-order valence-electron chi connectivity index (χ3n) is 9.24. The fourth-order valence-corrected chi connectivity index (χ4v) is 7.27. The van der Waals surface area contributed by atoms with Gasteiger partial charge in [-0.05, 0) is 65.3 Å². The van der Waals surface area contributed by atoms with E-state index in [1.165, 1.54) is 0 Å². The van der Waals surface area contributed by atoms with Gasteiger partial charge in [0.2, 0.25) is 11.8 Å². The van der Waals surface area contributed by atoms with Crippen LogP contribution in [0, 0.1) is 17.8 Å². The first-order valence-corrected chi connectivity index (χ1v) is 16.0. The van der Waals surface area contributed by atoms with Gasteiger partial charge >= 0.3 is 11.9 Å². The Hall–Kier alpha value is -4.79. The number of hydrogen-bond acceptors (Lipinski definition) is 7. The van der Waals surface area contributed by atoms with E-state index in [4.69, 9.17) is 9.47 Å². The largest absolute Gasteiger partial charge is 0.462 e. The van der Waals surface area contributed by atoms with Crippen LogP contribution in [0.4, 0.5) is 5.69 Å². The summed E-state index contributed by atoms with van der Waals surface area (Å²) in [5.41, 5.74) is 4.98. The van der Waals surface area contributed by atoms with Crippen molar-refractivity contribution < 1.29 is 33.4 Å². The van der Waals surface area contributed by atoms with Crippen molar-refractivity contribution in [3.8, 4) is 0 Å². The maximum Gasteiger partial charge on any atom is 0.338 e. The predicted octanol–water partition coefficient (Wildman–Crippen LogP) is 5.43. The molecule has 9 heteroatoms. The Morgan fingerprint density at radius 1 is 0.783 bits per heavy atom. The summed E-state index contributed by atoms with van der Waals surface area (Å²) in [5, 5.41) is 2.65. The highest BCUT2D eigenvalue weighted by Crippen LogP contribution is 2.61. The van der Waals surface area contributed by atoms with Crippen LogP contribution in [0.3, 0.4) is 0 Å². The van der Waals surface area contributed by atoms with E-state index in [0.717, 1.165) is 40.0 Å². The van der Waals surface area contributed by atoms with Crippen LogP contribution in [-0.4, -0.2) is 53.8 Å². The van der Waals surface area contributed by atoms with Crippen molar-refractivity contribution in [2.45, 2.75) is 57.9 Å². The van der Waals surface area contributed by atoms with E-state index in [-0.39, 0.29) is 36.0 Å². The van der Waals surface area contributed by atoms with Crippen molar-refractivity contribution in [3.63, 3.8) is 0 Å². The summed E-state index contributed by atoms with van der Waals surface area (Å²) in [6.45, 7) is 5.56. The summed E-state index contributed by atoms with van der Waals surface area (Å²) in [4.78, 5) is 68.0. The van der Waals surface area contributed by atoms with Crippen LogP contribution in [0.25, 0.3) is 0 Å². The lowest BCUT2D eigenvalue weighted by Gasteiger charge is -2.45. The van der Waals surface area contributed by atoms with Gasteiger partial charge in [-0.1, -0.05) is 75.7 Å². The fourth-order valence-electron chi connectivity index (χ4n) is 7.27. The number of anilines is 1. The topological polar surface area (TPSA) is 119 Å². The minimum atomic E-state index is -1.15. The molecule has 3 atom stereocenters. The highest BCUT2D eigenvalue weighted by molar-refractivity contribution is 6.10. The molecular formula is C37H38N2O7. The first kappa shape index (κ1) is 31.2. The summed E-state index contributed by atoms with van der Waals surface area (Å²) >= 11 is 0. The smallest absolute Gasteiger partial charge is 0.338 e. The maximum absolute atomic E-state index is 14.2. The number of amides is 3. The molecule has 0 radical (unpaired) electrons. The van der Waals surface area contributed by atoms with Gasteiger partial charge < -0.3 is 14.8 Å². The summed E-state index contributed by atoms with van der Waals surface area (Å²) in [5.74, 6) is -4.38. The number of carbonyl (C=O) groups excluding carboxylic acids is 5. The second-order valence-corrected chi connectivity index (χ2v) is 12.7. The maximum atomic E-state index is 14.2. The lowest BCUT2D eigenvalue weighted by Crippen LogP contribution is -2.47. The zero-order chi connectivity index (χ0) is 32.5. The Balaban J connectivity index is 1.16. The van der Waals surface area contributed by atoms with Gasteiger partial charge in [0.15, 0.2) is 6.61 Å². The Bertz CT molecular complexity index is 1570. The molecule has 9 nitrogen and oxygen atoms in total. The molecule has 46 heavy (non-hydrogen) atoms. The van der Waals surface area contributed by atoms with E-state index in [9.17, 15) is 24.0 Å². The molecule has 0 aromatic heterocycles. The van der Waals surface area contributed by atoms with Crippen molar-refractivity contribution in [1.29, 1.82) is 0 Å². The second-order valence-electron chi connectivity index (χ2n) is 12.7. The highest BCUT2D eigenvalue weighted by atomic mass is 16.5. The molecule has 3 amide bonds. The lowest BCUT2D eigenvalue weighted by molar-refractivity contribution is -0.160. The van der Waals surface area contributed by atoms with E-state index in [1.54, 1.807) is 24.3 Å². The zero-order valence-electron chi connectivity index (χ0n) is 26.2. The Kier molecular flexibility index (Phi) is 8.75. The van der Waals surface area contributed by atoms with Crippen molar-refractivity contribution in [2.75, 3.05) is 18.5 Å². The molecule has 0 unspecified atom stereocenters. The molecule has 2 bridgehead atoms. The van der Waals surface area contributed by atoms with E-state index in [1.807, 2.05) is 69.3 Å². The van der Waals surface area contributed by atoms with E-state index < -0.39 is 42.3 Å². The van der Waals surface area contributed by atoms with Gasteiger partial charge in [-0.25, -0.2) is 9.59 Å². The number of carbonyl (C=O) groups is 5. The van der Waals surface area contributed by atoms with Crippen molar-refractivity contribution in [3.05, 3.63) is 101 Å². The van der Waals surface area contributed by atoms with Crippen LogP contribution in [-0.2, 0) is 28.7 Å². The monoisotopic (exact) mass is 622 g/mol. The van der Waals surface area contributed by atoms with Gasteiger partial charge in [-0.2, -0.15) is 0 Å². The molecule has 3 aromatic rings. The minimum Gasteiger partial charge on any atom is -0.462 e. The third-order valence-corrected chi connectivity index (χ3v) is 9.24. The van der Waals surface area contributed by atoms with Gasteiger partial charge in [-0.3, -0.25) is 19.3 Å². The van der Waals surface area contributed by atoms with Crippen molar-refractivity contribution in [1.82, 2.24) is 4.90 Å². The number of imide groups is 1. The fraction of sp³-hybridized carbons (Fsp3) is 0.378. The second kappa shape index (κ2) is 12.9. The molecule has 238 valence electrons. The third kappa shape index (κ3) is 5.59. The van der Waals surface area contributed by atoms with Gasteiger partial charge in [0.25, 0.3) is 5.91 Å². The summed E-state index contributed by atoms with van der Waals surface area (Å²) in [6, 6.07) is 21.0. The van der Waals surface area contributed by atoms with Crippen LogP contribution < -0.4 is 5.32 Å². The average Bonchev–Trinajstić information content (AvgIpc) is 3.32. The predicted molar refractivity (Wildman–Crippen MR) is 170 cm³/mol.